The van der Waals surface area contributed by atoms with E-state index in [0.717, 1.165) is 46.0 Å². The summed E-state index contributed by atoms with van der Waals surface area (Å²) in [6.07, 6.45) is 1.45. The van der Waals surface area contributed by atoms with Crippen LogP contribution >= 0.6 is 0 Å². The van der Waals surface area contributed by atoms with Gasteiger partial charge in [0.25, 0.3) is 0 Å². The van der Waals surface area contributed by atoms with Gasteiger partial charge < -0.3 is 14.8 Å². The molecule has 0 aromatic heterocycles. The molecular weight excluding hydrogens is 326 g/mol. The van der Waals surface area contributed by atoms with E-state index in [4.69, 9.17) is 9.47 Å². The minimum absolute atomic E-state index is 0.0298. The third kappa shape index (κ3) is 2.32. The Balaban J connectivity index is 1.73. The average molecular weight is 347 g/mol. The molecule has 0 bridgehead atoms. The molecule has 1 atom stereocenters. The van der Waals surface area contributed by atoms with E-state index in [2.05, 4.69) is 31.3 Å². The zero-order valence-corrected chi connectivity index (χ0v) is 15.0. The number of rotatable bonds is 1. The Morgan fingerprint density at radius 1 is 1.04 bits per heavy atom. The van der Waals surface area contributed by atoms with Gasteiger partial charge in [0.15, 0.2) is 17.3 Å². The summed E-state index contributed by atoms with van der Waals surface area (Å²) in [6, 6.07) is 14.3. The van der Waals surface area contributed by atoms with Crippen molar-refractivity contribution in [1.82, 2.24) is 0 Å². The van der Waals surface area contributed by atoms with Gasteiger partial charge in [0.1, 0.15) is 0 Å². The van der Waals surface area contributed by atoms with E-state index in [1.165, 1.54) is 0 Å². The second-order valence-corrected chi connectivity index (χ2v) is 8.09. The van der Waals surface area contributed by atoms with Crippen molar-refractivity contribution in [2.45, 2.75) is 32.6 Å². The second kappa shape index (κ2) is 5.37. The molecule has 0 radical (unpaired) electrons. The number of Topliss-reactive ketones (excluding diaryl/α,β-unsaturated/α-hetero) is 1. The molecule has 1 aliphatic carbocycles. The van der Waals surface area contributed by atoms with Gasteiger partial charge in [0.2, 0.25) is 6.79 Å². The lowest BCUT2D eigenvalue weighted by molar-refractivity contribution is -0.118. The molecule has 2 aromatic carbocycles. The Hall–Kier alpha value is -2.75. The van der Waals surface area contributed by atoms with Crippen LogP contribution in [-0.4, -0.2) is 12.6 Å². The molecule has 26 heavy (non-hydrogen) atoms. The van der Waals surface area contributed by atoms with Gasteiger partial charge in [-0.15, -0.1) is 0 Å². The van der Waals surface area contributed by atoms with E-state index < -0.39 is 0 Å². The van der Waals surface area contributed by atoms with Crippen molar-refractivity contribution >= 4 is 11.5 Å². The summed E-state index contributed by atoms with van der Waals surface area (Å²) >= 11 is 0. The fraction of sp³-hybridized carbons (Fsp3) is 0.318. The van der Waals surface area contributed by atoms with Crippen molar-refractivity contribution in [3.05, 3.63) is 64.9 Å². The number of carbonyl (C=O) groups is 1. The minimum atomic E-state index is -0.0689. The van der Waals surface area contributed by atoms with E-state index in [1.54, 1.807) is 0 Å². The maximum Gasteiger partial charge on any atom is 0.231 e. The molecule has 5 rings (SSSR count). The Bertz CT molecular complexity index is 943. The fourth-order valence-electron chi connectivity index (χ4n) is 4.40. The van der Waals surface area contributed by atoms with Crippen molar-refractivity contribution in [2.75, 3.05) is 12.1 Å². The van der Waals surface area contributed by atoms with Gasteiger partial charge in [-0.05, 0) is 29.0 Å². The van der Waals surface area contributed by atoms with Crippen LogP contribution in [0.15, 0.2) is 53.7 Å². The molecule has 132 valence electrons. The summed E-state index contributed by atoms with van der Waals surface area (Å²) in [4.78, 5) is 13.1. The van der Waals surface area contributed by atoms with Gasteiger partial charge in [-0.2, -0.15) is 0 Å². The molecule has 4 nitrogen and oxygen atoms in total. The Labute approximate surface area is 152 Å². The summed E-state index contributed by atoms with van der Waals surface area (Å²) < 4.78 is 11.2. The Morgan fingerprint density at radius 2 is 1.77 bits per heavy atom. The lowest BCUT2D eigenvalue weighted by Crippen LogP contribution is -2.33. The quantitative estimate of drug-likeness (QED) is 0.818. The predicted molar refractivity (Wildman–Crippen MR) is 99.5 cm³/mol. The molecule has 0 spiro atoms. The standard InChI is InChI=1S/C22H21NO3/c1-22(2)10-16-21(17(24)11-22)20(13-6-4-3-5-7-13)14-8-18-19(26-12-25-18)9-15(14)23-16/h3-9,20,23H,10-12H2,1-2H3/t20-/m0/s1. The maximum atomic E-state index is 13.1. The highest BCUT2D eigenvalue weighted by atomic mass is 16.7. The molecule has 0 fully saturated rings. The highest BCUT2D eigenvalue weighted by molar-refractivity contribution is 6.01. The summed E-state index contributed by atoms with van der Waals surface area (Å²) in [5.41, 5.74) is 5.14. The van der Waals surface area contributed by atoms with Crippen molar-refractivity contribution in [1.29, 1.82) is 0 Å². The first kappa shape index (κ1) is 15.5. The van der Waals surface area contributed by atoms with Crippen molar-refractivity contribution in [2.24, 2.45) is 5.41 Å². The lowest BCUT2D eigenvalue weighted by atomic mass is 9.69. The molecule has 2 heterocycles. The van der Waals surface area contributed by atoms with Gasteiger partial charge in [0.05, 0.1) is 0 Å². The molecule has 0 saturated carbocycles. The summed E-state index contributed by atoms with van der Waals surface area (Å²) in [5, 5.41) is 3.54. The number of carbonyl (C=O) groups excluding carboxylic acids is 1. The van der Waals surface area contributed by atoms with Crippen molar-refractivity contribution in [3.63, 3.8) is 0 Å². The third-order valence-electron chi connectivity index (χ3n) is 5.48. The number of ether oxygens (including phenoxy) is 2. The predicted octanol–water partition coefficient (Wildman–Crippen LogP) is 4.62. The molecule has 1 N–H and O–H groups in total. The maximum absolute atomic E-state index is 13.1. The summed E-state index contributed by atoms with van der Waals surface area (Å²) in [5.74, 6) is 1.68. The summed E-state index contributed by atoms with van der Waals surface area (Å²) in [6.45, 7) is 4.55. The number of hydrogen-bond donors (Lipinski definition) is 1. The average Bonchev–Trinajstić information content (AvgIpc) is 3.05. The molecule has 0 unspecified atom stereocenters. The van der Waals surface area contributed by atoms with E-state index in [9.17, 15) is 4.79 Å². The first-order valence-corrected chi connectivity index (χ1v) is 9.04. The zero-order valence-electron chi connectivity index (χ0n) is 15.0. The van der Waals surface area contributed by atoms with Gasteiger partial charge >= 0.3 is 0 Å². The van der Waals surface area contributed by atoms with Crippen LogP contribution in [0.25, 0.3) is 0 Å². The van der Waals surface area contributed by atoms with Crippen molar-refractivity contribution in [3.8, 4) is 11.5 Å². The number of anilines is 1. The first-order chi connectivity index (χ1) is 12.5. The van der Waals surface area contributed by atoms with Crippen LogP contribution in [0.4, 0.5) is 5.69 Å². The van der Waals surface area contributed by atoms with E-state index in [0.29, 0.717) is 6.42 Å². The van der Waals surface area contributed by atoms with E-state index >= 15 is 0 Å². The first-order valence-electron chi connectivity index (χ1n) is 9.04. The fourth-order valence-corrected chi connectivity index (χ4v) is 4.40. The van der Waals surface area contributed by atoms with Crippen LogP contribution in [0.3, 0.4) is 0 Å². The van der Waals surface area contributed by atoms with Crippen LogP contribution in [0.1, 0.15) is 43.7 Å². The van der Waals surface area contributed by atoms with Crippen LogP contribution in [-0.2, 0) is 4.79 Å². The number of ketones is 1. The molecule has 2 aromatic rings. The zero-order chi connectivity index (χ0) is 17.9. The smallest absolute Gasteiger partial charge is 0.231 e. The van der Waals surface area contributed by atoms with Crippen LogP contribution < -0.4 is 14.8 Å². The number of fused-ring (bicyclic) bond motifs is 2. The molecular formula is C22H21NO3. The molecule has 0 saturated heterocycles. The Kier molecular flexibility index (Phi) is 3.20. The minimum Gasteiger partial charge on any atom is -0.454 e. The normalized spacial score (nSPS) is 22.5. The number of benzene rings is 2. The molecule has 2 aliphatic heterocycles. The van der Waals surface area contributed by atoms with E-state index in [1.807, 2.05) is 30.3 Å². The van der Waals surface area contributed by atoms with E-state index in [-0.39, 0.29) is 23.9 Å². The number of allylic oxidation sites excluding steroid dienone is 2. The SMILES string of the molecule is CC1(C)CC(=O)C2=C(C1)Nc1cc3c(cc1[C@@H]2c1ccccc1)OCO3. The highest BCUT2D eigenvalue weighted by Gasteiger charge is 2.41. The van der Waals surface area contributed by atoms with Gasteiger partial charge in [-0.1, -0.05) is 44.2 Å². The third-order valence-corrected chi connectivity index (χ3v) is 5.48. The van der Waals surface area contributed by atoms with Gasteiger partial charge in [-0.25, -0.2) is 0 Å². The molecule has 4 heteroatoms. The Morgan fingerprint density at radius 3 is 2.54 bits per heavy atom. The van der Waals surface area contributed by atoms with Crippen molar-refractivity contribution < 1.29 is 14.3 Å². The largest absolute Gasteiger partial charge is 0.454 e. The lowest BCUT2D eigenvalue weighted by Gasteiger charge is -2.39. The highest BCUT2D eigenvalue weighted by Crippen LogP contribution is 2.51. The van der Waals surface area contributed by atoms with Gasteiger partial charge in [-0.3, -0.25) is 4.79 Å². The molecule has 3 aliphatic rings. The summed E-state index contributed by atoms with van der Waals surface area (Å²) in [7, 11) is 0. The van der Waals surface area contributed by atoms with Gasteiger partial charge in [0, 0.05) is 35.4 Å². The van der Waals surface area contributed by atoms with Crippen LogP contribution in [0, 0.1) is 5.41 Å². The monoisotopic (exact) mass is 347 g/mol. The van der Waals surface area contributed by atoms with Crippen LogP contribution in [0.2, 0.25) is 0 Å². The second-order valence-electron chi connectivity index (χ2n) is 8.09. The topological polar surface area (TPSA) is 47.6 Å². The number of hydrogen-bond acceptors (Lipinski definition) is 4. The molecule has 0 amide bonds. The number of nitrogens with one attached hydrogen (secondary N) is 1. The van der Waals surface area contributed by atoms with Crippen LogP contribution in [0.5, 0.6) is 11.5 Å².